The third kappa shape index (κ3) is 5.52. The molecule has 10 rings (SSSR count). The molecule has 7 aromatic carbocycles. The van der Waals surface area contributed by atoms with Crippen molar-refractivity contribution in [1.82, 2.24) is 10.6 Å². The van der Waals surface area contributed by atoms with Crippen molar-refractivity contribution in [2.45, 2.75) is 18.9 Å². The molecule has 0 radical (unpaired) electrons. The number of hydrogen-bond donors (Lipinski definition) is 3. The molecule has 246 valence electrons. The van der Waals surface area contributed by atoms with E-state index in [2.05, 4.69) is 144 Å². The van der Waals surface area contributed by atoms with Crippen molar-refractivity contribution < 1.29 is 0 Å². The molecule has 0 fully saturated rings. The molecular formula is C45H33N3S3. The topological polar surface area (TPSA) is 50.1 Å². The molecule has 0 aliphatic carbocycles. The highest BCUT2D eigenvalue weighted by atomic mass is 32.1. The van der Waals surface area contributed by atoms with E-state index >= 15 is 0 Å². The molecule has 0 aliphatic rings. The summed E-state index contributed by atoms with van der Waals surface area (Å²) in [5.74, 6) is 0. The predicted octanol–water partition coefficient (Wildman–Crippen LogP) is 12.5. The normalized spacial score (nSPS) is 13.3. The van der Waals surface area contributed by atoms with Crippen molar-refractivity contribution in [2.75, 3.05) is 0 Å². The van der Waals surface area contributed by atoms with Gasteiger partial charge in [0.1, 0.15) is 0 Å². The molecular weight excluding hydrogens is 679 g/mol. The Morgan fingerprint density at radius 1 is 0.471 bits per heavy atom. The molecule has 2 unspecified atom stereocenters. The number of thiophene rings is 3. The lowest BCUT2D eigenvalue weighted by Gasteiger charge is -2.25. The summed E-state index contributed by atoms with van der Waals surface area (Å²) in [6, 6.07) is 55.1. The Morgan fingerprint density at radius 2 is 1.12 bits per heavy atom. The van der Waals surface area contributed by atoms with Crippen molar-refractivity contribution in [2.24, 2.45) is 5.73 Å². The number of nitrogens with one attached hydrogen (secondary N) is 2. The largest absolute Gasteiger partial charge is 0.312 e. The first-order valence-corrected chi connectivity index (χ1v) is 19.7. The number of fused-ring (bicyclic) bond motifs is 9. The highest BCUT2D eigenvalue weighted by Crippen LogP contribution is 2.42. The fraction of sp³-hybridized carbons (Fsp3) is 0.0667. The highest BCUT2D eigenvalue weighted by molar-refractivity contribution is 7.27. The molecule has 51 heavy (non-hydrogen) atoms. The smallest absolute Gasteiger partial charge is 0.0853 e. The molecule has 10 aromatic rings. The Labute approximate surface area is 307 Å². The van der Waals surface area contributed by atoms with Crippen LogP contribution in [-0.4, -0.2) is 0 Å². The van der Waals surface area contributed by atoms with E-state index in [-0.39, 0.29) is 12.3 Å². The first-order chi connectivity index (χ1) is 25.2. The summed E-state index contributed by atoms with van der Waals surface area (Å²) < 4.78 is 7.90. The Bertz CT molecular complexity index is 2880. The average molecular weight is 712 g/mol. The van der Waals surface area contributed by atoms with Gasteiger partial charge in [-0.15, -0.1) is 34.0 Å². The Kier molecular flexibility index (Phi) is 7.68. The van der Waals surface area contributed by atoms with Gasteiger partial charge in [0.2, 0.25) is 0 Å². The van der Waals surface area contributed by atoms with Gasteiger partial charge in [-0.1, -0.05) is 115 Å². The van der Waals surface area contributed by atoms with E-state index in [4.69, 9.17) is 5.73 Å². The molecule has 6 heteroatoms. The van der Waals surface area contributed by atoms with Gasteiger partial charge in [-0.2, -0.15) is 0 Å². The number of rotatable bonds is 8. The maximum absolute atomic E-state index is 6.75. The lowest BCUT2D eigenvalue weighted by atomic mass is 10.0. The third-order valence-corrected chi connectivity index (χ3v) is 13.5. The number of benzene rings is 7. The van der Waals surface area contributed by atoms with Crippen molar-refractivity contribution >= 4 is 94.5 Å². The first-order valence-electron chi connectivity index (χ1n) is 17.2. The van der Waals surface area contributed by atoms with Crippen molar-refractivity contribution in [1.29, 1.82) is 0 Å². The van der Waals surface area contributed by atoms with Crippen molar-refractivity contribution in [3.63, 3.8) is 0 Å². The number of hydrogen-bond acceptors (Lipinski definition) is 6. The minimum atomic E-state index is -0.320. The molecule has 3 heterocycles. The van der Waals surface area contributed by atoms with Crippen LogP contribution in [0, 0.1) is 0 Å². The molecule has 4 N–H and O–H groups in total. The monoisotopic (exact) mass is 711 g/mol. The minimum Gasteiger partial charge on any atom is -0.312 e. The van der Waals surface area contributed by atoms with Crippen LogP contribution in [-0.2, 0) is 6.54 Å². The zero-order chi connectivity index (χ0) is 33.9. The van der Waals surface area contributed by atoms with Crippen molar-refractivity contribution in [3.05, 3.63) is 168 Å². The summed E-state index contributed by atoms with van der Waals surface area (Å²) in [6.45, 7) is 0.701. The fourth-order valence-corrected chi connectivity index (χ4v) is 11.0. The SMILES string of the molecule is NC(NC(NCc1ccc2c(c1)sc1ccc(-c3cccc4c3sc3ccccc34)cc12)c1ccc2c(c1)sc1ccccc12)c1ccccc1. The third-order valence-electron chi connectivity index (χ3n) is 10.0. The van der Waals surface area contributed by atoms with Gasteiger partial charge in [0, 0.05) is 67.1 Å². The molecule has 0 saturated carbocycles. The quantitative estimate of drug-likeness (QED) is 0.138. The summed E-state index contributed by atoms with van der Waals surface area (Å²) in [6.07, 6.45) is -0.466. The standard InChI is InChI=1S/C45H33N3S3/c46-44(28-9-2-1-3-10-28)48-45(30-18-21-34-32-11-4-6-15-38(32)49-42(34)25-30)47-26-27-17-20-35-37-24-29(19-22-40(37)50-41(35)23-27)31-13-8-14-36-33-12-5-7-16-39(33)51-43(31)36/h1-25,44-45,47-48H,26,46H2. The zero-order valence-corrected chi connectivity index (χ0v) is 30.0. The van der Waals surface area contributed by atoms with Gasteiger partial charge in [0.05, 0.1) is 12.3 Å². The van der Waals surface area contributed by atoms with Crippen LogP contribution in [0.4, 0.5) is 0 Å². The summed E-state index contributed by atoms with van der Waals surface area (Å²) in [5.41, 5.74) is 12.8. The van der Waals surface area contributed by atoms with Gasteiger partial charge < -0.3 is 5.73 Å². The van der Waals surface area contributed by atoms with Crippen LogP contribution in [0.25, 0.3) is 71.6 Å². The molecule has 0 aliphatic heterocycles. The summed E-state index contributed by atoms with van der Waals surface area (Å²) in [4.78, 5) is 0. The summed E-state index contributed by atoms with van der Waals surface area (Å²) in [5, 5.41) is 15.4. The van der Waals surface area contributed by atoms with Crippen LogP contribution in [0.5, 0.6) is 0 Å². The molecule has 0 saturated heterocycles. The molecule has 0 amide bonds. The second-order valence-electron chi connectivity index (χ2n) is 13.1. The van der Waals surface area contributed by atoms with Gasteiger partial charge in [-0.3, -0.25) is 10.6 Å². The maximum Gasteiger partial charge on any atom is 0.0853 e. The zero-order valence-electron chi connectivity index (χ0n) is 27.6. The summed E-state index contributed by atoms with van der Waals surface area (Å²) >= 11 is 5.60. The highest BCUT2D eigenvalue weighted by Gasteiger charge is 2.18. The van der Waals surface area contributed by atoms with E-state index < -0.39 is 0 Å². The van der Waals surface area contributed by atoms with E-state index in [9.17, 15) is 0 Å². The Hall–Kier alpha value is -4.92. The van der Waals surface area contributed by atoms with E-state index in [1.54, 1.807) is 0 Å². The molecule has 2 atom stereocenters. The molecule has 0 bridgehead atoms. The van der Waals surface area contributed by atoms with Gasteiger partial charge in [-0.05, 0) is 64.2 Å². The van der Waals surface area contributed by atoms with Crippen LogP contribution < -0.4 is 16.4 Å². The second-order valence-corrected chi connectivity index (χ2v) is 16.4. The Morgan fingerprint density at radius 3 is 1.96 bits per heavy atom. The molecule has 0 spiro atoms. The lowest BCUT2D eigenvalue weighted by molar-refractivity contribution is 0.386. The minimum absolute atomic E-state index is 0.146. The average Bonchev–Trinajstić information content (AvgIpc) is 3.87. The number of nitrogens with two attached hydrogens (primary N) is 1. The Balaban J connectivity index is 0.968. The predicted molar refractivity (Wildman–Crippen MR) is 223 cm³/mol. The van der Waals surface area contributed by atoms with Crippen LogP contribution in [0.3, 0.4) is 0 Å². The van der Waals surface area contributed by atoms with Gasteiger partial charge in [0.15, 0.2) is 0 Å². The first kappa shape index (κ1) is 30.9. The van der Waals surface area contributed by atoms with Gasteiger partial charge in [-0.25, -0.2) is 0 Å². The van der Waals surface area contributed by atoms with Crippen molar-refractivity contribution in [3.8, 4) is 11.1 Å². The van der Waals surface area contributed by atoms with E-state index in [0.29, 0.717) is 6.54 Å². The van der Waals surface area contributed by atoms with E-state index in [1.807, 2.05) is 52.2 Å². The van der Waals surface area contributed by atoms with Crippen LogP contribution >= 0.6 is 34.0 Å². The molecule has 3 nitrogen and oxygen atoms in total. The molecule has 3 aromatic heterocycles. The van der Waals surface area contributed by atoms with Gasteiger partial charge >= 0.3 is 0 Å². The maximum atomic E-state index is 6.75. The second kappa shape index (κ2) is 12.7. The van der Waals surface area contributed by atoms with Crippen LogP contribution in [0.2, 0.25) is 0 Å². The fourth-order valence-electron chi connectivity index (χ4n) is 7.42. The van der Waals surface area contributed by atoms with E-state index in [1.165, 1.54) is 82.8 Å². The summed E-state index contributed by atoms with van der Waals surface area (Å²) in [7, 11) is 0. The van der Waals surface area contributed by atoms with Crippen LogP contribution in [0.1, 0.15) is 29.0 Å². The van der Waals surface area contributed by atoms with E-state index in [0.717, 1.165) is 5.56 Å². The van der Waals surface area contributed by atoms with Gasteiger partial charge in [0.25, 0.3) is 0 Å². The van der Waals surface area contributed by atoms with Crippen LogP contribution in [0.15, 0.2) is 152 Å². The lowest BCUT2D eigenvalue weighted by Crippen LogP contribution is -2.39.